The number of carbonyl (C=O) groups is 1. The average molecular weight is 276 g/mol. The summed E-state index contributed by atoms with van der Waals surface area (Å²) in [6.45, 7) is 7.09. The molecule has 0 aromatic heterocycles. The fourth-order valence-corrected chi connectivity index (χ4v) is 1.89. The molecule has 4 nitrogen and oxygen atoms in total. The lowest BCUT2D eigenvalue weighted by molar-refractivity contribution is -0.120. The van der Waals surface area contributed by atoms with Crippen LogP contribution in [0.4, 0.5) is 11.4 Å². The van der Waals surface area contributed by atoms with Crippen molar-refractivity contribution in [2.45, 2.75) is 39.2 Å². The summed E-state index contributed by atoms with van der Waals surface area (Å²) >= 11 is 0. The number of ether oxygens (including phenoxy) is 1. The molecule has 0 radical (unpaired) electrons. The number of hydrogen-bond donors (Lipinski definition) is 2. The monoisotopic (exact) mass is 276 g/mol. The molecule has 2 rings (SSSR count). The van der Waals surface area contributed by atoms with E-state index in [1.165, 1.54) is 12.8 Å². The molecule has 0 aliphatic heterocycles. The fourth-order valence-electron chi connectivity index (χ4n) is 1.89. The number of nitrogens with one attached hydrogen (secondary N) is 2. The second-order valence-corrected chi connectivity index (χ2v) is 6.43. The van der Waals surface area contributed by atoms with E-state index < -0.39 is 0 Å². The number of rotatable bonds is 6. The average Bonchev–Trinajstić information content (AvgIpc) is 3.14. The molecule has 4 heteroatoms. The fraction of sp³-hybridized carbons (Fsp3) is 0.562. The molecule has 20 heavy (non-hydrogen) atoms. The van der Waals surface area contributed by atoms with E-state index in [4.69, 9.17) is 4.74 Å². The first kappa shape index (κ1) is 14.9. The highest BCUT2D eigenvalue weighted by Crippen LogP contribution is 2.28. The summed E-state index contributed by atoms with van der Waals surface area (Å²) in [5.41, 5.74) is 1.67. The molecule has 0 unspecified atom stereocenters. The van der Waals surface area contributed by atoms with Crippen LogP contribution in [-0.2, 0) is 9.53 Å². The van der Waals surface area contributed by atoms with Gasteiger partial charge in [0.25, 0.3) is 0 Å². The summed E-state index contributed by atoms with van der Waals surface area (Å²) in [5, 5.41) is 6.28. The quantitative estimate of drug-likeness (QED) is 0.838. The maximum absolute atomic E-state index is 11.9. The molecule has 1 aliphatic carbocycles. The van der Waals surface area contributed by atoms with Crippen LogP contribution in [0.15, 0.2) is 24.3 Å². The Morgan fingerprint density at radius 1 is 1.25 bits per heavy atom. The third-order valence-electron chi connectivity index (χ3n) is 2.99. The first-order chi connectivity index (χ1) is 9.44. The van der Waals surface area contributed by atoms with Gasteiger partial charge in [-0.05, 0) is 51.7 Å². The molecule has 0 heterocycles. The van der Waals surface area contributed by atoms with Crippen molar-refractivity contribution in [1.82, 2.24) is 0 Å². The SMILES string of the molecule is CC(C)(C)Nc1ccccc1NC(=O)COCC1CC1. The van der Waals surface area contributed by atoms with Crippen LogP contribution in [0.1, 0.15) is 33.6 Å². The predicted molar refractivity (Wildman–Crippen MR) is 82.0 cm³/mol. The van der Waals surface area contributed by atoms with Gasteiger partial charge in [-0.3, -0.25) is 4.79 Å². The van der Waals surface area contributed by atoms with Crippen molar-refractivity contribution >= 4 is 17.3 Å². The van der Waals surface area contributed by atoms with Gasteiger partial charge in [0.2, 0.25) is 5.91 Å². The largest absolute Gasteiger partial charge is 0.379 e. The molecule has 1 saturated carbocycles. The third-order valence-corrected chi connectivity index (χ3v) is 2.99. The Bertz CT molecular complexity index is 462. The zero-order valence-electron chi connectivity index (χ0n) is 12.5. The molecule has 0 bridgehead atoms. The van der Waals surface area contributed by atoms with Gasteiger partial charge in [0.1, 0.15) is 6.61 Å². The van der Waals surface area contributed by atoms with E-state index in [1.54, 1.807) is 0 Å². The van der Waals surface area contributed by atoms with E-state index in [9.17, 15) is 4.79 Å². The summed E-state index contributed by atoms with van der Waals surface area (Å²) in [4.78, 5) is 11.9. The van der Waals surface area contributed by atoms with Gasteiger partial charge >= 0.3 is 0 Å². The zero-order valence-corrected chi connectivity index (χ0v) is 12.5. The lowest BCUT2D eigenvalue weighted by Crippen LogP contribution is -2.27. The van der Waals surface area contributed by atoms with Crippen molar-refractivity contribution in [3.63, 3.8) is 0 Å². The molecule has 0 saturated heterocycles. The summed E-state index contributed by atoms with van der Waals surface area (Å²) in [5.74, 6) is 0.575. The molecule has 1 amide bonds. The first-order valence-corrected chi connectivity index (χ1v) is 7.19. The zero-order chi connectivity index (χ0) is 14.6. The predicted octanol–water partition coefficient (Wildman–Crippen LogP) is 3.26. The van der Waals surface area contributed by atoms with Gasteiger partial charge in [-0.25, -0.2) is 0 Å². The van der Waals surface area contributed by atoms with Gasteiger partial charge in [-0.1, -0.05) is 12.1 Å². The summed E-state index contributed by atoms with van der Waals surface area (Å²) in [7, 11) is 0. The maximum atomic E-state index is 11.9. The van der Waals surface area contributed by atoms with Gasteiger partial charge in [0, 0.05) is 5.54 Å². The van der Waals surface area contributed by atoms with Crippen LogP contribution in [0.3, 0.4) is 0 Å². The Morgan fingerprint density at radius 2 is 1.90 bits per heavy atom. The van der Waals surface area contributed by atoms with Crippen molar-refractivity contribution in [3.05, 3.63) is 24.3 Å². The minimum absolute atomic E-state index is 0.0523. The number of anilines is 2. The number of amides is 1. The summed E-state index contributed by atoms with van der Waals surface area (Å²) in [6.07, 6.45) is 2.47. The third kappa shape index (κ3) is 5.21. The minimum Gasteiger partial charge on any atom is -0.379 e. The molecule has 2 N–H and O–H groups in total. The number of para-hydroxylation sites is 2. The van der Waals surface area contributed by atoms with Crippen LogP contribution in [0.5, 0.6) is 0 Å². The van der Waals surface area contributed by atoms with E-state index in [1.807, 2.05) is 24.3 Å². The number of benzene rings is 1. The molecular weight excluding hydrogens is 252 g/mol. The smallest absolute Gasteiger partial charge is 0.250 e. The van der Waals surface area contributed by atoms with Gasteiger partial charge in [0.15, 0.2) is 0 Å². The molecule has 0 atom stereocenters. The Kier molecular flexibility index (Phi) is 4.65. The van der Waals surface area contributed by atoms with Crippen molar-refractivity contribution in [2.75, 3.05) is 23.8 Å². The highest BCUT2D eigenvalue weighted by Gasteiger charge is 2.21. The topological polar surface area (TPSA) is 50.4 Å². The van der Waals surface area contributed by atoms with E-state index in [0.29, 0.717) is 12.5 Å². The van der Waals surface area contributed by atoms with E-state index in [2.05, 4.69) is 31.4 Å². The number of carbonyl (C=O) groups excluding carboxylic acids is 1. The van der Waals surface area contributed by atoms with Gasteiger partial charge in [0.05, 0.1) is 18.0 Å². The van der Waals surface area contributed by atoms with Crippen LogP contribution in [0, 0.1) is 5.92 Å². The van der Waals surface area contributed by atoms with E-state index >= 15 is 0 Å². The van der Waals surface area contributed by atoms with E-state index in [0.717, 1.165) is 11.4 Å². The van der Waals surface area contributed by atoms with Crippen molar-refractivity contribution in [2.24, 2.45) is 5.92 Å². The Hall–Kier alpha value is -1.55. The highest BCUT2D eigenvalue weighted by atomic mass is 16.5. The molecule has 1 aliphatic rings. The lowest BCUT2D eigenvalue weighted by atomic mass is 10.1. The van der Waals surface area contributed by atoms with Crippen LogP contribution < -0.4 is 10.6 Å². The van der Waals surface area contributed by atoms with Crippen molar-refractivity contribution in [1.29, 1.82) is 0 Å². The lowest BCUT2D eigenvalue weighted by Gasteiger charge is -2.24. The van der Waals surface area contributed by atoms with Gasteiger partial charge in [-0.2, -0.15) is 0 Å². The molecule has 1 aromatic carbocycles. The highest BCUT2D eigenvalue weighted by molar-refractivity contribution is 5.95. The Balaban J connectivity index is 1.88. The Morgan fingerprint density at radius 3 is 2.50 bits per heavy atom. The number of hydrogen-bond acceptors (Lipinski definition) is 3. The minimum atomic E-state index is -0.103. The van der Waals surface area contributed by atoms with Gasteiger partial charge in [-0.15, -0.1) is 0 Å². The van der Waals surface area contributed by atoms with Crippen molar-refractivity contribution < 1.29 is 9.53 Å². The van der Waals surface area contributed by atoms with Crippen molar-refractivity contribution in [3.8, 4) is 0 Å². The van der Waals surface area contributed by atoms with Gasteiger partial charge < -0.3 is 15.4 Å². The molecule has 1 fully saturated rings. The first-order valence-electron chi connectivity index (χ1n) is 7.19. The second kappa shape index (κ2) is 6.27. The van der Waals surface area contributed by atoms with Crippen LogP contribution in [-0.4, -0.2) is 24.7 Å². The molecule has 110 valence electrons. The second-order valence-electron chi connectivity index (χ2n) is 6.43. The van der Waals surface area contributed by atoms with E-state index in [-0.39, 0.29) is 18.1 Å². The van der Waals surface area contributed by atoms with Crippen LogP contribution in [0.25, 0.3) is 0 Å². The van der Waals surface area contributed by atoms with Crippen LogP contribution >= 0.6 is 0 Å². The standard InChI is InChI=1S/C16H24N2O2/c1-16(2,3)18-14-7-5-4-6-13(14)17-15(19)11-20-10-12-8-9-12/h4-7,12,18H,8-11H2,1-3H3,(H,17,19). The maximum Gasteiger partial charge on any atom is 0.250 e. The normalized spacial score (nSPS) is 14.9. The molecule has 1 aromatic rings. The summed E-state index contributed by atoms with van der Waals surface area (Å²) < 4.78 is 5.40. The molecular formula is C16H24N2O2. The molecule has 0 spiro atoms. The summed E-state index contributed by atoms with van der Waals surface area (Å²) in [6, 6.07) is 7.72. The van der Waals surface area contributed by atoms with Crippen LogP contribution in [0.2, 0.25) is 0 Å². The Labute approximate surface area is 120 Å².